The molecule has 0 radical (unpaired) electrons. The number of ether oxygens (including phenoxy) is 1. The number of hydrogen-bond donors (Lipinski definition) is 1. The third-order valence-corrected chi connectivity index (χ3v) is 4.81. The van der Waals surface area contributed by atoms with Crippen LogP contribution in [-0.4, -0.2) is 11.7 Å². The maximum absolute atomic E-state index is 10.9. The van der Waals surface area contributed by atoms with E-state index in [9.17, 15) is 5.11 Å². The van der Waals surface area contributed by atoms with Gasteiger partial charge in [-0.15, -0.1) is 0 Å². The first kappa shape index (κ1) is 12.9. The fraction of sp³-hybridized carbons (Fsp3) is 0.368. The van der Waals surface area contributed by atoms with E-state index in [4.69, 9.17) is 4.74 Å². The van der Waals surface area contributed by atoms with Crippen LogP contribution in [0.2, 0.25) is 0 Å². The van der Waals surface area contributed by atoms with E-state index >= 15 is 0 Å². The summed E-state index contributed by atoms with van der Waals surface area (Å²) in [6.45, 7) is 0.766. The van der Waals surface area contributed by atoms with Gasteiger partial charge in [-0.1, -0.05) is 42.5 Å². The standard InChI is InChI=1S/C19H20O2/c20-18(16-11-14-5-1-2-6-15(14)12-16)17-9-3-7-13-8-4-10-21-19(13)17/h1-3,5-7,9,16,18,20H,4,8,10-12H2. The van der Waals surface area contributed by atoms with E-state index in [0.29, 0.717) is 0 Å². The van der Waals surface area contributed by atoms with Crippen LogP contribution in [0.4, 0.5) is 0 Å². The van der Waals surface area contributed by atoms with Crippen LogP contribution >= 0.6 is 0 Å². The molecule has 1 aliphatic carbocycles. The Morgan fingerprint density at radius 2 is 1.67 bits per heavy atom. The molecule has 0 fully saturated rings. The summed E-state index contributed by atoms with van der Waals surface area (Å²) < 4.78 is 5.85. The molecule has 0 spiro atoms. The number of aryl methyl sites for hydroxylation is 1. The van der Waals surface area contributed by atoms with Gasteiger partial charge in [-0.2, -0.15) is 0 Å². The van der Waals surface area contributed by atoms with Gasteiger partial charge in [-0.05, 0) is 48.3 Å². The molecule has 2 aromatic carbocycles. The first-order chi connectivity index (χ1) is 10.3. The Morgan fingerprint density at radius 1 is 0.952 bits per heavy atom. The number of rotatable bonds is 2. The molecule has 4 rings (SSSR count). The van der Waals surface area contributed by atoms with Crippen molar-refractivity contribution in [1.29, 1.82) is 0 Å². The largest absolute Gasteiger partial charge is 0.493 e. The molecular weight excluding hydrogens is 260 g/mol. The van der Waals surface area contributed by atoms with E-state index in [1.807, 2.05) is 12.1 Å². The van der Waals surface area contributed by atoms with Gasteiger partial charge in [0, 0.05) is 5.56 Å². The van der Waals surface area contributed by atoms with Gasteiger partial charge >= 0.3 is 0 Å². The predicted molar refractivity (Wildman–Crippen MR) is 82.6 cm³/mol. The zero-order chi connectivity index (χ0) is 14.2. The van der Waals surface area contributed by atoms with Crippen molar-refractivity contribution in [3.05, 3.63) is 64.7 Å². The highest BCUT2D eigenvalue weighted by Gasteiger charge is 2.30. The van der Waals surface area contributed by atoms with Crippen LogP contribution in [0, 0.1) is 5.92 Å². The molecule has 1 N–H and O–H groups in total. The Morgan fingerprint density at radius 3 is 2.43 bits per heavy atom. The van der Waals surface area contributed by atoms with Crippen LogP contribution in [0.1, 0.15) is 34.8 Å². The minimum absolute atomic E-state index is 0.263. The van der Waals surface area contributed by atoms with Crippen molar-refractivity contribution < 1.29 is 9.84 Å². The zero-order valence-corrected chi connectivity index (χ0v) is 12.1. The van der Waals surface area contributed by atoms with Crippen molar-refractivity contribution in [3.8, 4) is 5.75 Å². The molecule has 1 unspecified atom stereocenters. The van der Waals surface area contributed by atoms with E-state index in [0.717, 1.165) is 43.6 Å². The van der Waals surface area contributed by atoms with Crippen molar-refractivity contribution in [2.75, 3.05) is 6.61 Å². The molecule has 0 aromatic heterocycles. The molecule has 1 atom stereocenters. The van der Waals surface area contributed by atoms with Crippen LogP contribution in [0.5, 0.6) is 5.75 Å². The van der Waals surface area contributed by atoms with E-state index in [1.165, 1.54) is 16.7 Å². The molecule has 2 aromatic rings. The number of aliphatic hydroxyl groups is 1. The second-order valence-electron chi connectivity index (χ2n) is 6.17. The SMILES string of the molecule is OC(c1cccc2c1OCCC2)C1Cc2ccccc2C1. The van der Waals surface area contributed by atoms with Gasteiger partial charge in [0.25, 0.3) is 0 Å². The van der Waals surface area contributed by atoms with Crippen LogP contribution in [-0.2, 0) is 19.3 Å². The Balaban J connectivity index is 1.63. The molecule has 0 bridgehead atoms. The molecular formula is C19H20O2. The van der Waals surface area contributed by atoms with Crippen molar-refractivity contribution in [1.82, 2.24) is 0 Å². The average molecular weight is 280 g/mol. The summed E-state index contributed by atoms with van der Waals surface area (Å²) >= 11 is 0. The minimum atomic E-state index is -0.439. The number of benzene rings is 2. The molecule has 2 heteroatoms. The Kier molecular flexibility index (Phi) is 3.19. The smallest absolute Gasteiger partial charge is 0.128 e. The van der Waals surface area contributed by atoms with Gasteiger partial charge < -0.3 is 9.84 Å². The number of aliphatic hydroxyl groups excluding tert-OH is 1. The lowest BCUT2D eigenvalue weighted by Crippen LogP contribution is -2.17. The van der Waals surface area contributed by atoms with Gasteiger partial charge in [0.05, 0.1) is 12.7 Å². The normalized spacial score (nSPS) is 18.7. The highest BCUT2D eigenvalue weighted by molar-refractivity contribution is 5.45. The van der Waals surface area contributed by atoms with Crippen LogP contribution in [0.3, 0.4) is 0 Å². The monoisotopic (exact) mass is 280 g/mol. The Bertz CT molecular complexity index is 637. The summed E-state index contributed by atoms with van der Waals surface area (Å²) in [5.41, 5.74) is 4.98. The highest BCUT2D eigenvalue weighted by Crippen LogP contribution is 2.40. The van der Waals surface area contributed by atoms with E-state index in [1.54, 1.807) is 0 Å². The molecule has 108 valence electrons. The molecule has 2 nitrogen and oxygen atoms in total. The third-order valence-electron chi connectivity index (χ3n) is 4.81. The Hall–Kier alpha value is -1.80. The van der Waals surface area contributed by atoms with Crippen LogP contribution in [0.25, 0.3) is 0 Å². The quantitative estimate of drug-likeness (QED) is 0.913. The lowest BCUT2D eigenvalue weighted by atomic mass is 9.90. The second-order valence-corrected chi connectivity index (χ2v) is 6.17. The van der Waals surface area contributed by atoms with Crippen molar-refractivity contribution in [2.24, 2.45) is 5.92 Å². The lowest BCUT2D eigenvalue weighted by Gasteiger charge is -2.25. The minimum Gasteiger partial charge on any atom is -0.493 e. The third kappa shape index (κ3) is 2.24. The first-order valence-corrected chi connectivity index (χ1v) is 7.82. The predicted octanol–water partition coefficient (Wildman–Crippen LogP) is 3.46. The number of fused-ring (bicyclic) bond motifs is 2. The summed E-state index contributed by atoms with van der Waals surface area (Å²) in [5.74, 6) is 1.20. The van der Waals surface area contributed by atoms with E-state index in [2.05, 4.69) is 30.3 Å². The molecule has 0 saturated carbocycles. The second kappa shape index (κ2) is 5.19. The fourth-order valence-corrected chi connectivity index (χ4v) is 3.72. The van der Waals surface area contributed by atoms with Crippen LogP contribution < -0.4 is 4.74 Å². The van der Waals surface area contributed by atoms with Gasteiger partial charge in [0.2, 0.25) is 0 Å². The summed E-state index contributed by atoms with van der Waals surface area (Å²) in [4.78, 5) is 0. The summed E-state index contributed by atoms with van der Waals surface area (Å²) in [6, 6.07) is 14.7. The van der Waals surface area contributed by atoms with Crippen molar-refractivity contribution in [2.45, 2.75) is 31.8 Å². The maximum Gasteiger partial charge on any atom is 0.128 e. The highest BCUT2D eigenvalue weighted by atomic mass is 16.5. The molecule has 0 amide bonds. The Labute approximate surface area is 125 Å². The number of para-hydroxylation sites is 1. The maximum atomic E-state index is 10.9. The van der Waals surface area contributed by atoms with Crippen LogP contribution in [0.15, 0.2) is 42.5 Å². The first-order valence-electron chi connectivity index (χ1n) is 7.82. The molecule has 1 heterocycles. The summed E-state index contributed by atoms with van der Waals surface area (Å²) in [5, 5.41) is 10.9. The van der Waals surface area contributed by atoms with E-state index < -0.39 is 6.10 Å². The summed E-state index contributed by atoms with van der Waals surface area (Å²) in [7, 11) is 0. The van der Waals surface area contributed by atoms with Crippen molar-refractivity contribution in [3.63, 3.8) is 0 Å². The molecule has 0 saturated heterocycles. The van der Waals surface area contributed by atoms with Gasteiger partial charge in [-0.3, -0.25) is 0 Å². The molecule has 1 aliphatic heterocycles. The van der Waals surface area contributed by atoms with Gasteiger partial charge in [0.15, 0.2) is 0 Å². The van der Waals surface area contributed by atoms with E-state index in [-0.39, 0.29) is 5.92 Å². The van der Waals surface area contributed by atoms with Gasteiger partial charge in [-0.25, -0.2) is 0 Å². The fourth-order valence-electron chi connectivity index (χ4n) is 3.72. The lowest BCUT2D eigenvalue weighted by molar-refractivity contribution is 0.108. The number of hydrogen-bond acceptors (Lipinski definition) is 2. The van der Waals surface area contributed by atoms with Crippen molar-refractivity contribution >= 4 is 0 Å². The average Bonchev–Trinajstić information content (AvgIpc) is 2.97. The zero-order valence-electron chi connectivity index (χ0n) is 12.1. The van der Waals surface area contributed by atoms with Gasteiger partial charge in [0.1, 0.15) is 5.75 Å². The topological polar surface area (TPSA) is 29.5 Å². The summed E-state index contributed by atoms with van der Waals surface area (Å²) in [6.07, 6.45) is 3.61. The molecule has 2 aliphatic rings. The molecule has 21 heavy (non-hydrogen) atoms.